The van der Waals surface area contributed by atoms with Crippen LogP contribution in [0.25, 0.3) is 0 Å². The van der Waals surface area contributed by atoms with Crippen LogP contribution in [0.5, 0.6) is 0 Å². The molecule has 0 saturated carbocycles. The van der Waals surface area contributed by atoms with E-state index in [1.54, 1.807) is 6.33 Å². The zero-order chi connectivity index (χ0) is 19.7. The minimum atomic E-state index is -0.541. The van der Waals surface area contributed by atoms with Crippen molar-refractivity contribution in [3.05, 3.63) is 46.7 Å². The van der Waals surface area contributed by atoms with Gasteiger partial charge < -0.3 is 20.9 Å². The third-order valence-corrected chi connectivity index (χ3v) is 5.76. The number of carbonyl (C=O) groups excluding carboxylic acids is 1. The second-order valence-corrected chi connectivity index (χ2v) is 7.93. The van der Waals surface area contributed by atoms with Crippen molar-refractivity contribution in [1.29, 1.82) is 0 Å². The van der Waals surface area contributed by atoms with Gasteiger partial charge in [0.05, 0.1) is 6.04 Å². The molecule has 3 heterocycles. The number of fused-ring (bicyclic) bond motifs is 1. The SMILES string of the molecule is CC1CNc2ncnc(N3CCN(C(=O)[C@H](N)Cc4ccc(Cl)cc4)CC3)c21.Cl.Cl. The minimum absolute atomic E-state index is 0. The lowest BCUT2D eigenvalue weighted by molar-refractivity contribution is -0.132. The quantitative estimate of drug-likeness (QED) is 0.710. The molecule has 164 valence electrons. The van der Waals surface area contributed by atoms with Gasteiger partial charge in [-0.25, -0.2) is 9.97 Å². The lowest BCUT2D eigenvalue weighted by Gasteiger charge is -2.37. The number of halogens is 3. The third-order valence-electron chi connectivity index (χ3n) is 5.51. The summed E-state index contributed by atoms with van der Waals surface area (Å²) in [5, 5.41) is 4.01. The maximum absolute atomic E-state index is 12.8. The molecule has 1 aromatic carbocycles. The Kier molecular flexibility index (Phi) is 8.55. The van der Waals surface area contributed by atoms with E-state index in [0.29, 0.717) is 30.5 Å². The Hall–Kier alpha value is -1.80. The molecule has 0 spiro atoms. The molecule has 1 aromatic heterocycles. The zero-order valence-corrected chi connectivity index (χ0v) is 19.1. The van der Waals surface area contributed by atoms with Crippen LogP contribution in [0.4, 0.5) is 11.6 Å². The summed E-state index contributed by atoms with van der Waals surface area (Å²) in [5.41, 5.74) is 8.39. The Balaban J connectivity index is 0.00000160. The van der Waals surface area contributed by atoms with Crippen molar-refractivity contribution in [2.75, 3.05) is 42.9 Å². The standard InChI is InChI=1S/C20H25ClN6O.2ClH/c1-13-11-23-18-17(13)19(25-12-24-18)26-6-8-27(9-7-26)20(28)16(22)10-14-2-4-15(21)5-3-14;;/h2-5,12-13,16H,6-11,22H2,1H3,(H,23,24,25);2*1H/t13?,16-;;/m1../s1. The lowest BCUT2D eigenvalue weighted by Crippen LogP contribution is -2.54. The molecule has 1 amide bonds. The number of hydrogen-bond donors (Lipinski definition) is 2. The van der Waals surface area contributed by atoms with E-state index in [4.69, 9.17) is 17.3 Å². The molecule has 7 nitrogen and oxygen atoms in total. The Bertz CT molecular complexity index is 858. The monoisotopic (exact) mass is 472 g/mol. The first kappa shape index (κ1) is 24.5. The number of anilines is 2. The molecule has 0 bridgehead atoms. The van der Waals surface area contributed by atoms with Gasteiger partial charge in [-0.15, -0.1) is 24.8 Å². The molecule has 2 aliphatic heterocycles. The van der Waals surface area contributed by atoms with E-state index in [9.17, 15) is 4.79 Å². The number of amides is 1. The summed E-state index contributed by atoms with van der Waals surface area (Å²) in [5.74, 6) is 2.30. The van der Waals surface area contributed by atoms with E-state index in [1.165, 1.54) is 5.56 Å². The molecule has 2 aliphatic rings. The van der Waals surface area contributed by atoms with Gasteiger partial charge in [-0.3, -0.25) is 4.79 Å². The van der Waals surface area contributed by atoms with Crippen LogP contribution in [0.15, 0.2) is 30.6 Å². The summed E-state index contributed by atoms with van der Waals surface area (Å²) >= 11 is 5.92. The molecule has 1 unspecified atom stereocenters. The average molecular weight is 474 g/mol. The maximum atomic E-state index is 12.8. The average Bonchev–Trinajstić information content (AvgIpc) is 3.10. The van der Waals surface area contributed by atoms with E-state index in [0.717, 1.165) is 36.8 Å². The Labute approximate surface area is 194 Å². The molecular formula is C20H27Cl3N6O. The number of benzene rings is 1. The van der Waals surface area contributed by atoms with Crippen LogP contribution in [-0.4, -0.2) is 59.5 Å². The lowest BCUT2D eigenvalue weighted by atomic mass is 10.0. The number of carbonyl (C=O) groups is 1. The van der Waals surface area contributed by atoms with Gasteiger partial charge in [0.2, 0.25) is 5.91 Å². The number of aromatic nitrogens is 2. The number of piperazine rings is 1. The van der Waals surface area contributed by atoms with Crippen molar-refractivity contribution < 1.29 is 4.79 Å². The van der Waals surface area contributed by atoms with Crippen LogP contribution in [0, 0.1) is 0 Å². The third kappa shape index (κ3) is 5.09. The largest absolute Gasteiger partial charge is 0.369 e. The Morgan fingerprint density at radius 2 is 1.87 bits per heavy atom. The summed E-state index contributed by atoms with van der Waals surface area (Å²) in [4.78, 5) is 25.7. The highest BCUT2D eigenvalue weighted by Crippen LogP contribution is 2.35. The van der Waals surface area contributed by atoms with Gasteiger partial charge in [0, 0.05) is 49.2 Å². The van der Waals surface area contributed by atoms with E-state index >= 15 is 0 Å². The van der Waals surface area contributed by atoms with Crippen molar-refractivity contribution in [2.24, 2.45) is 5.73 Å². The van der Waals surface area contributed by atoms with Crippen LogP contribution < -0.4 is 16.0 Å². The number of nitrogens with zero attached hydrogens (tertiary/aromatic N) is 4. The molecule has 3 N–H and O–H groups in total. The van der Waals surface area contributed by atoms with Crippen LogP contribution in [-0.2, 0) is 11.2 Å². The summed E-state index contributed by atoms with van der Waals surface area (Å²) in [6.07, 6.45) is 2.12. The Morgan fingerprint density at radius 1 is 1.20 bits per heavy atom. The first-order chi connectivity index (χ1) is 13.5. The Morgan fingerprint density at radius 3 is 2.53 bits per heavy atom. The minimum Gasteiger partial charge on any atom is -0.369 e. The van der Waals surface area contributed by atoms with Crippen LogP contribution in [0.2, 0.25) is 5.02 Å². The predicted molar refractivity (Wildman–Crippen MR) is 125 cm³/mol. The predicted octanol–water partition coefficient (Wildman–Crippen LogP) is 2.72. The molecule has 1 fully saturated rings. The maximum Gasteiger partial charge on any atom is 0.239 e. The smallest absolute Gasteiger partial charge is 0.239 e. The summed E-state index contributed by atoms with van der Waals surface area (Å²) < 4.78 is 0. The van der Waals surface area contributed by atoms with Crippen LogP contribution >= 0.6 is 36.4 Å². The fourth-order valence-corrected chi connectivity index (χ4v) is 4.05. The second kappa shape index (κ2) is 10.5. The van der Waals surface area contributed by atoms with Crippen molar-refractivity contribution in [3.63, 3.8) is 0 Å². The number of nitrogens with two attached hydrogens (primary N) is 1. The van der Waals surface area contributed by atoms with Crippen molar-refractivity contribution in [3.8, 4) is 0 Å². The normalized spacial score (nSPS) is 18.6. The van der Waals surface area contributed by atoms with Gasteiger partial charge in [0.15, 0.2) is 0 Å². The van der Waals surface area contributed by atoms with E-state index in [-0.39, 0.29) is 30.7 Å². The molecule has 10 heteroatoms. The highest BCUT2D eigenvalue weighted by atomic mass is 35.5. The fraction of sp³-hybridized carbons (Fsp3) is 0.450. The fourth-order valence-electron chi connectivity index (χ4n) is 3.92. The van der Waals surface area contributed by atoms with Gasteiger partial charge in [0.25, 0.3) is 0 Å². The second-order valence-electron chi connectivity index (χ2n) is 7.49. The molecule has 4 rings (SSSR count). The summed E-state index contributed by atoms with van der Waals surface area (Å²) in [6, 6.07) is 6.93. The summed E-state index contributed by atoms with van der Waals surface area (Å²) in [6.45, 7) is 5.85. The number of hydrogen-bond acceptors (Lipinski definition) is 6. The van der Waals surface area contributed by atoms with Crippen molar-refractivity contribution in [1.82, 2.24) is 14.9 Å². The van der Waals surface area contributed by atoms with E-state index in [2.05, 4.69) is 27.1 Å². The van der Waals surface area contributed by atoms with Crippen molar-refractivity contribution in [2.45, 2.75) is 25.3 Å². The summed E-state index contributed by atoms with van der Waals surface area (Å²) in [7, 11) is 0. The van der Waals surface area contributed by atoms with Crippen LogP contribution in [0.3, 0.4) is 0 Å². The zero-order valence-electron chi connectivity index (χ0n) is 16.8. The van der Waals surface area contributed by atoms with Gasteiger partial charge in [-0.2, -0.15) is 0 Å². The molecular weight excluding hydrogens is 447 g/mol. The van der Waals surface area contributed by atoms with Gasteiger partial charge in [0.1, 0.15) is 18.0 Å². The van der Waals surface area contributed by atoms with Crippen molar-refractivity contribution >= 4 is 54.0 Å². The molecule has 30 heavy (non-hydrogen) atoms. The van der Waals surface area contributed by atoms with Gasteiger partial charge in [-0.1, -0.05) is 30.7 Å². The van der Waals surface area contributed by atoms with E-state index < -0.39 is 6.04 Å². The van der Waals surface area contributed by atoms with Gasteiger partial charge in [-0.05, 0) is 24.1 Å². The molecule has 1 saturated heterocycles. The molecule has 2 atom stereocenters. The highest BCUT2D eigenvalue weighted by molar-refractivity contribution is 6.30. The molecule has 0 radical (unpaired) electrons. The van der Waals surface area contributed by atoms with E-state index in [1.807, 2.05) is 29.2 Å². The highest BCUT2D eigenvalue weighted by Gasteiger charge is 2.30. The number of nitrogens with one attached hydrogen (secondary N) is 1. The molecule has 2 aromatic rings. The number of rotatable bonds is 4. The topological polar surface area (TPSA) is 87.4 Å². The van der Waals surface area contributed by atoms with Crippen LogP contribution in [0.1, 0.15) is 24.0 Å². The first-order valence-corrected chi connectivity index (χ1v) is 10.0. The molecule has 0 aliphatic carbocycles. The van der Waals surface area contributed by atoms with Gasteiger partial charge >= 0.3 is 0 Å². The first-order valence-electron chi connectivity index (χ1n) is 9.65.